The molecule has 0 aliphatic heterocycles. The molecule has 0 atom stereocenters. The summed E-state index contributed by atoms with van der Waals surface area (Å²) in [5.74, 6) is 1.28. The topological polar surface area (TPSA) is 85.7 Å². The van der Waals surface area contributed by atoms with Crippen molar-refractivity contribution in [3.05, 3.63) is 42.4 Å². The van der Waals surface area contributed by atoms with Gasteiger partial charge in [-0.15, -0.1) is 0 Å². The summed E-state index contributed by atoms with van der Waals surface area (Å²) >= 11 is 0. The fraction of sp³-hybridized carbons (Fsp3) is 0.368. The van der Waals surface area contributed by atoms with Crippen LogP contribution in [0.25, 0.3) is 16.6 Å². The van der Waals surface area contributed by atoms with E-state index in [0.717, 1.165) is 53.8 Å². The van der Waals surface area contributed by atoms with Gasteiger partial charge in [-0.05, 0) is 56.4 Å². The average Bonchev–Trinajstić information content (AvgIpc) is 2.97. The molecule has 3 N–H and O–H groups in total. The van der Waals surface area contributed by atoms with Gasteiger partial charge < -0.3 is 15.6 Å². The van der Waals surface area contributed by atoms with Crippen molar-refractivity contribution in [2.24, 2.45) is 0 Å². The van der Waals surface area contributed by atoms with Crippen LogP contribution in [0.3, 0.4) is 0 Å². The van der Waals surface area contributed by atoms with Gasteiger partial charge in [0.2, 0.25) is 0 Å². The number of aliphatic hydroxyl groups excluding tert-OH is 1. The molecule has 3 aromatic rings. The fourth-order valence-electron chi connectivity index (χ4n) is 3.39. The van der Waals surface area contributed by atoms with Crippen molar-refractivity contribution in [2.45, 2.75) is 44.8 Å². The number of anilines is 1. The van der Waals surface area contributed by atoms with Gasteiger partial charge in [0.15, 0.2) is 0 Å². The van der Waals surface area contributed by atoms with Crippen LogP contribution < -0.4 is 10.5 Å². The minimum Gasteiger partial charge on any atom is -0.488 e. The molecular weight excluding hydrogens is 316 g/mol. The quantitative estimate of drug-likeness (QED) is 0.767. The maximum atomic E-state index is 9.68. The second-order valence-corrected chi connectivity index (χ2v) is 6.72. The lowest BCUT2D eigenvalue weighted by Gasteiger charge is -2.27. The third-order valence-electron chi connectivity index (χ3n) is 4.73. The highest BCUT2D eigenvalue weighted by atomic mass is 16.5. The van der Waals surface area contributed by atoms with E-state index >= 15 is 0 Å². The minimum absolute atomic E-state index is 0.126. The molecule has 1 saturated carbocycles. The molecule has 0 aromatic carbocycles. The molecule has 0 spiro atoms. The number of fused-ring (bicyclic) bond motifs is 1. The summed E-state index contributed by atoms with van der Waals surface area (Å²) in [5.41, 5.74) is 9.72. The van der Waals surface area contributed by atoms with E-state index in [1.165, 1.54) is 0 Å². The first-order valence-electron chi connectivity index (χ1n) is 8.65. The van der Waals surface area contributed by atoms with E-state index < -0.39 is 0 Å². The molecule has 1 aliphatic rings. The Balaban J connectivity index is 1.68. The molecule has 0 unspecified atom stereocenters. The Morgan fingerprint density at radius 1 is 1.20 bits per heavy atom. The van der Waals surface area contributed by atoms with Gasteiger partial charge in [0.1, 0.15) is 11.6 Å². The largest absolute Gasteiger partial charge is 0.488 e. The van der Waals surface area contributed by atoms with Crippen LogP contribution >= 0.6 is 0 Å². The third-order valence-corrected chi connectivity index (χ3v) is 4.73. The highest BCUT2D eigenvalue weighted by molar-refractivity contribution is 5.74. The van der Waals surface area contributed by atoms with Gasteiger partial charge in [0.25, 0.3) is 0 Å². The normalized spacial score (nSPS) is 20.7. The maximum absolute atomic E-state index is 9.68. The van der Waals surface area contributed by atoms with Gasteiger partial charge in [-0.2, -0.15) is 5.10 Å². The Labute approximate surface area is 146 Å². The van der Waals surface area contributed by atoms with Crippen molar-refractivity contribution >= 4 is 11.3 Å². The number of nitrogens with zero attached hydrogens (tertiary/aromatic N) is 3. The molecule has 1 aliphatic carbocycles. The fourth-order valence-corrected chi connectivity index (χ4v) is 3.39. The Morgan fingerprint density at radius 2 is 2.00 bits per heavy atom. The first-order valence-corrected chi connectivity index (χ1v) is 8.65. The number of aliphatic hydroxyl groups is 1. The molecular formula is C19H22N4O2. The monoisotopic (exact) mass is 338 g/mol. The van der Waals surface area contributed by atoms with Gasteiger partial charge in [0, 0.05) is 23.5 Å². The van der Waals surface area contributed by atoms with Crippen LogP contribution in [0.15, 0.2) is 36.7 Å². The van der Waals surface area contributed by atoms with Crippen molar-refractivity contribution in [3.63, 3.8) is 0 Å². The van der Waals surface area contributed by atoms with Crippen molar-refractivity contribution < 1.29 is 9.84 Å². The van der Waals surface area contributed by atoms with Crippen LogP contribution in [0.1, 0.15) is 31.4 Å². The molecule has 0 saturated heterocycles. The number of nitrogens with two attached hydrogens (primary N) is 1. The Hall–Kier alpha value is -2.60. The molecule has 0 bridgehead atoms. The minimum atomic E-state index is -0.190. The van der Waals surface area contributed by atoms with Crippen molar-refractivity contribution in [2.75, 3.05) is 5.73 Å². The van der Waals surface area contributed by atoms with E-state index in [4.69, 9.17) is 10.5 Å². The van der Waals surface area contributed by atoms with Crippen LogP contribution in [0.5, 0.6) is 5.75 Å². The highest BCUT2D eigenvalue weighted by Crippen LogP contribution is 2.33. The molecule has 3 heterocycles. The van der Waals surface area contributed by atoms with Crippen LogP contribution in [0.2, 0.25) is 0 Å². The Bertz CT molecular complexity index is 898. The first kappa shape index (κ1) is 15.9. The number of pyridine rings is 2. The van der Waals surface area contributed by atoms with E-state index in [1.54, 1.807) is 10.7 Å². The zero-order chi connectivity index (χ0) is 17.4. The van der Waals surface area contributed by atoms with Gasteiger partial charge in [0.05, 0.1) is 23.9 Å². The van der Waals surface area contributed by atoms with Crippen molar-refractivity contribution in [3.8, 4) is 16.9 Å². The van der Waals surface area contributed by atoms with Gasteiger partial charge in [-0.3, -0.25) is 4.98 Å². The highest BCUT2D eigenvalue weighted by Gasteiger charge is 2.22. The number of aryl methyl sites for hydroxylation is 1. The predicted octanol–water partition coefficient (Wildman–Crippen LogP) is 2.97. The van der Waals surface area contributed by atoms with Crippen LogP contribution in [-0.2, 0) is 0 Å². The number of rotatable bonds is 3. The molecule has 6 nitrogen and oxygen atoms in total. The summed E-state index contributed by atoms with van der Waals surface area (Å²) in [6, 6.07) is 7.94. The predicted molar refractivity (Wildman–Crippen MR) is 96.5 cm³/mol. The lowest BCUT2D eigenvalue weighted by atomic mass is 9.95. The van der Waals surface area contributed by atoms with Crippen LogP contribution in [0.4, 0.5) is 5.82 Å². The van der Waals surface area contributed by atoms with Gasteiger partial charge >= 0.3 is 0 Å². The Kier molecular flexibility index (Phi) is 4.05. The number of aromatic nitrogens is 3. The summed E-state index contributed by atoms with van der Waals surface area (Å²) in [6.07, 6.45) is 6.95. The lowest BCUT2D eigenvalue weighted by molar-refractivity contribution is 0.0667. The third kappa shape index (κ3) is 3.30. The lowest BCUT2D eigenvalue weighted by Crippen LogP contribution is -2.26. The number of hydrogen-bond acceptors (Lipinski definition) is 5. The molecule has 0 amide bonds. The van der Waals surface area contributed by atoms with E-state index in [-0.39, 0.29) is 12.2 Å². The van der Waals surface area contributed by atoms with E-state index in [0.29, 0.717) is 5.82 Å². The SMILES string of the molecule is Cc1cc(-c2ccn3nc(N)cc3c2)c(OC2CCC(O)CC2)cn1. The molecule has 3 aromatic heterocycles. The summed E-state index contributed by atoms with van der Waals surface area (Å²) in [6.45, 7) is 1.97. The van der Waals surface area contributed by atoms with E-state index in [2.05, 4.69) is 16.1 Å². The smallest absolute Gasteiger partial charge is 0.146 e. The molecule has 6 heteroatoms. The maximum Gasteiger partial charge on any atom is 0.146 e. The second-order valence-electron chi connectivity index (χ2n) is 6.72. The zero-order valence-electron chi connectivity index (χ0n) is 14.2. The molecule has 1 fully saturated rings. The van der Waals surface area contributed by atoms with E-state index in [1.807, 2.05) is 31.3 Å². The summed E-state index contributed by atoms with van der Waals surface area (Å²) in [4.78, 5) is 4.40. The summed E-state index contributed by atoms with van der Waals surface area (Å²) in [5, 5.41) is 13.9. The molecule has 4 rings (SSSR count). The van der Waals surface area contributed by atoms with Gasteiger partial charge in [-0.1, -0.05) is 0 Å². The average molecular weight is 338 g/mol. The van der Waals surface area contributed by atoms with E-state index in [9.17, 15) is 5.11 Å². The van der Waals surface area contributed by atoms with Gasteiger partial charge in [-0.25, -0.2) is 4.52 Å². The van der Waals surface area contributed by atoms with Crippen molar-refractivity contribution in [1.29, 1.82) is 0 Å². The zero-order valence-corrected chi connectivity index (χ0v) is 14.2. The first-order chi connectivity index (χ1) is 12.1. The number of hydrogen-bond donors (Lipinski definition) is 2. The number of ether oxygens (including phenoxy) is 1. The summed E-state index contributed by atoms with van der Waals surface area (Å²) < 4.78 is 8.00. The molecule has 0 radical (unpaired) electrons. The van der Waals surface area contributed by atoms with Crippen LogP contribution in [0, 0.1) is 6.92 Å². The molecule has 25 heavy (non-hydrogen) atoms. The molecule has 130 valence electrons. The second kappa shape index (κ2) is 6.37. The van der Waals surface area contributed by atoms with Crippen molar-refractivity contribution in [1.82, 2.24) is 14.6 Å². The number of nitrogen functional groups attached to an aromatic ring is 1. The standard InChI is InChI=1S/C19H22N4O2/c1-12-8-17(13-6-7-23-14(9-13)10-19(20)22-23)18(11-21-12)25-16-4-2-15(24)3-5-16/h6-11,15-16,24H,2-5H2,1H3,(H2,20,22). The van der Waals surface area contributed by atoms with Crippen LogP contribution in [-0.4, -0.2) is 31.9 Å². The summed E-state index contributed by atoms with van der Waals surface area (Å²) in [7, 11) is 0. The Morgan fingerprint density at radius 3 is 2.80 bits per heavy atom.